The van der Waals surface area contributed by atoms with Crippen LogP contribution in [0.1, 0.15) is 63.4 Å². The SMILES string of the molecule is O=C(CCN1N=C(c2ccccc2)CCC1=O)NC1CCCCCC1. The Kier molecular flexibility index (Phi) is 6.20. The maximum atomic E-state index is 12.2. The van der Waals surface area contributed by atoms with Crippen LogP contribution < -0.4 is 5.32 Å². The Morgan fingerprint density at radius 3 is 2.52 bits per heavy atom. The minimum absolute atomic E-state index is 0.00180. The molecule has 1 N–H and O–H groups in total. The number of hydrazone groups is 1. The predicted molar refractivity (Wildman–Crippen MR) is 98.2 cm³/mol. The Bertz CT molecular complexity index is 619. The molecule has 2 aliphatic rings. The zero-order chi connectivity index (χ0) is 17.5. The molecule has 1 aromatic rings. The largest absolute Gasteiger partial charge is 0.353 e. The van der Waals surface area contributed by atoms with E-state index in [4.69, 9.17) is 0 Å². The smallest absolute Gasteiger partial charge is 0.243 e. The van der Waals surface area contributed by atoms with Gasteiger partial charge in [0.1, 0.15) is 0 Å². The lowest BCUT2D eigenvalue weighted by Gasteiger charge is -2.24. The van der Waals surface area contributed by atoms with Gasteiger partial charge in [0.15, 0.2) is 0 Å². The summed E-state index contributed by atoms with van der Waals surface area (Å²) in [6, 6.07) is 10.2. The van der Waals surface area contributed by atoms with E-state index >= 15 is 0 Å². The van der Waals surface area contributed by atoms with Gasteiger partial charge in [0.05, 0.1) is 12.3 Å². The van der Waals surface area contributed by atoms with Gasteiger partial charge in [-0.3, -0.25) is 9.59 Å². The van der Waals surface area contributed by atoms with Crippen LogP contribution in [-0.4, -0.2) is 35.1 Å². The second kappa shape index (κ2) is 8.79. The first-order valence-corrected chi connectivity index (χ1v) is 9.45. The molecule has 2 amide bonds. The molecule has 0 bridgehead atoms. The highest BCUT2D eigenvalue weighted by Crippen LogP contribution is 2.18. The molecule has 134 valence electrons. The summed E-state index contributed by atoms with van der Waals surface area (Å²) in [5.41, 5.74) is 1.97. The summed E-state index contributed by atoms with van der Waals surface area (Å²) in [5, 5.41) is 9.09. The Labute approximate surface area is 149 Å². The van der Waals surface area contributed by atoms with Crippen LogP contribution >= 0.6 is 0 Å². The van der Waals surface area contributed by atoms with Crippen LogP contribution in [-0.2, 0) is 9.59 Å². The first-order valence-electron chi connectivity index (χ1n) is 9.45. The Hall–Kier alpha value is -2.17. The molecule has 1 heterocycles. The fraction of sp³-hybridized carbons (Fsp3) is 0.550. The van der Waals surface area contributed by atoms with E-state index in [1.165, 1.54) is 30.7 Å². The van der Waals surface area contributed by atoms with Crippen molar-refractivity contribution in [1.29, 1.82) is 0 Å². The molecule has 5 nitrogen and oxygen atoms in total. The zero-order valence-electron chi connectivity index (χ0n) is 14.7. The average molecular weight is 341 g/mol. The predicted octanol–water partition coefficient (Wildman–Crippen LogP) is 3.24. The van der Waals surface area contributed by atoms with Gasteiger partial charge in [0.25, 0.3) is 0 Å². The number of nitrogens with zero attached hydrogens (tertiary/aromatic N) is 2. The van der Waals surface area contributed by atoms with E-state index in [9.17, 15) is 9.59 Å². The normalized spacial score (nSPS) is 19.3. The summed E-state index contributed by atoms with van der Waals surface area (Å²) < 4.78 is 0. The molecule has 0 spiro atoms. The summed E-state index contributed by atoms with van der Waals surface area (Å²) in [6.45, 7) is 0.355. The first kappa shape index (κ1) is 17.6. The van der Waals surface area contributed by atoms with Crippen LogP contribution in [0.3, 0.4) is 0 Å². The molecule has 1 fully saturated rings. The van der Waals surface area contributed by atoms with Crippen molar-refractivity contribution >= 4 is 17.5 Å². The molecule has 0 aromatic heterocycles. The van der Waals surface area contributed by atoms with Crippen molar-refractivity contribution < 1.29 is 9.59 Å². The highest BCUT2D eigenvalue weighted by Gasteiger charge is 2.22. The number of benzene rings is 1. The lowest BCUT2D eigenvalue weighted by Crippen LogP contribution is -2.38. The molecule has 3 rings (SSSR count). The standard InChI is InChI=1S/C20H27N3O2/c24-19(21-17-10-6-1-2-7-11-17)14-15-23-20(25)13-12-18(22-23)16-8-4-3-5-9-16/h3-5,8-9,17H,1-2,6-7,10-15H2,(H,21,24). The van der Waals surface area contributed by atoms with E-state index in [-0.39, 0.29) is 11.8 Å². The monoisotopic (exact) mass is 341 g/mol. The number of carbonyl (C=O) groups is 2. The molecule has 5 heteroatoms. The molecule has 0 saturated heterocycles. The molecule has 1 aliphatic carbocycles. The number of hydrogen-bond donors (Lipinski definition) is 1. The van der Waals surface area contributed by atoms with Gasteiger partial charge in [0.2, 0.25) is 11.8 Å². The van der Waals surface area contributed by atoms with Crippen molar-refractivity contribution in [3.8, 4) is 0 Å². The molecule has 0 unspecified atom stereocenters. The van der Waals surface area contributed by atoms with Crippen LogP contribution in [0.5, 0.6) is 0 Å². The maximum absolute atomic E-state index is 12.2. The van der Waals surface area contributed by atoms with E-state index in [1.807, 2.05) is 30.3 Å². The second-order valence-electron chi connectivity index (χ2n) is 6.94. The maximum Gasteiger partial charge on any atom is 0.243 e. The molecule has 1 saturated carbocycles. The zero-order valence-corrected chi connectivity index (χ0v) is 14.7. The number of amides is 2. The number of hydrogen-bond acceptors (Lipinski definition) is 3. The van der Waals surface area contributed by atoms with Crippen LogP contribution in [0.25, 0.3) is 0 Å². The quantitative estimate of drug-likeness (QED) is 0.836. The summed E-state index contributed by atoms with van der Waals surface area (Å²) in [5.74, 6) is 0.0312. The van der Waals surface area contributed by atoms with Gasteiger partial charge in [-0.1, -0.05) is 56.0 Å². The van der Waals surface area contributed by atoms with E-state index in [0.717, 1.165) is 24.1 Å². The number of rotatable bonds is 5. The molecule has 0 atom stereocenters. The molecular weight excluding hydrogens is 314 g/mol. The third kappa shape index (κ3) is 5.15. The van der Waals surface area contributed by atoms with Crippen LogP contribution in [0.2, 0.25) is 0 Å². The van der Waals surface area contributed by atoms with Crippen molar-refractivity contribution in [2.75, 3.05) is 6.54 Å². The van der Waals surface area contributed by atoms with E-state index in [1.54, 1.807) is 0 Å². The van der Waals surface area contributed by atoms with E-state index in [0.29, 0.717) is 31.8 Å². The fourth-order valence-electron chi connectivity index (χ4n) is 3.54. The third-order valence-corrected chi connectivity index (χ3v) is 4.98. The summed E-state index contributed by atoms with van der Waals surface area (Å²) in [6.07, 6.45) is 8.51. The van der Waals surface area contributed by atoms with Gasteiger partial charge in [-0.25, -0.2) is 5.01 Å². The summed E-state index contributed by atoms with van der Waals surface area (Å²) in [7, 11) is 0. The van der Waals surface area contributed by atoms with Gasteiger partial charge >= 0.3 is 0 Å². The van der Waals surface area contributed by atoms with Gasteiger partial charge in [-0.05, 0) is 18.4 Å². The minimum Gasteiger partial charge on any atom is -0.353 e. The summed E-state index contributed by atoms with van der Waals surface area (Å²) in [4.78, 5) is 24.3. The van der Waals surface area contributed by atoms with Crippen LogP contribution in [0.4, 0.5) is 0 Å². The average Bonchev–Trinajstić information content (AvgIpc) is 2.90. The number of nitrogens with one attached hydrogen (secondary N) is 1. The summed E-state index contributed by atoms with van der Waals surface area (Å²) >= 11 is 0. The third-order valence-electron chi connectivity index (χ3n) is 4.98. The molecule has 1 aliphatic heterocycles. The van der Waals surface area contributed by atoms with Crippen molar-refractivity contribution in [2.24, 2.45) is 5.10 Å². The van der Waals surface area contributed by atoms with Gasteiger partial charge < -0.3 is 5.32 Å². The van der Waals surface area contributed by atoms with E-state index < -0.39 is 0 Å². The Morgan fingerprint density at radius 1 is 1.08 bits per heavy atom. The van der Waals surface area contributed by atoms with Crippen LogP contribution in [0, 0.1) is 0 Å². The van der Waals surface area contributed by atoms with E-state index in [2.05, 4.69) is 10.4 Å². The van der Waals surface area contributed by atoms with Gasteiger partial charge in [-0.15, -0.1) is 0 Å². The fourth-order valence-corrected chi connectivity index (χ4v) is 3.54. The molecule has 25 heavy (non-hydrogen) atoms. The van der Waals surface area contributed by atoms with Crippen molar-refractivity contribution in [2.45, 2.75) is 63.8 Å². The van der Waals surface area contributed by atoms with Gasteiger partial charge in [0, 0.05) is 25.3 Å². The lowest BCUT2D eigenvalue weighted by molar-refractivity contribution is -0.132. The Balaban J connectivity index is 1.53. The molecular formula is C20H27N3O2. The van der Waals surface area contributed by atoms with Crippen molar-refractivity contribution in [3.63, 3.8) is 0 Å². The lowest BCUT2D eigenvalue weighted by atomic mass is 10.0. The Morgan fingerprint density at radius 2 is 1.80 bits per heavy atom. The van der Waals surface area contributed by atoms with Crippen LogP contribution in [0.15, 0.2) is 35.4 Å². The highest BCUT2D eigenvalue weighted by molar-refractivity contribution is 6.04. The van der Waals surface area contributed by atoms with Crippen molar-refractivity contribution in [1.82, 2.24) is 10.3 Å². The highest BCUT2D eigenvalue weighted by atomic mass is 16.2. The topological polar surface area (TPSA) is 61.8 Å². The minimum atomic E-state index is 0.00180. The van der Waals surface area contributed by atoms with Crippen molar-refractivity contribution in [3.05, 3.63) is 35.9 Å². The molecule has 1 aromatic carbocycles. The molecule has 0 radical (unpaired) electrons. The van der Waals surface area contributed by atoms with Gasteiger partial charge in [-0.2, -0.15) is 5.10 Å². The second-order valence-corrected chi connectivity index (χ2v) is 6.94. The first-order chi connectivity index (χ1) is 12.2. The number of carbonyl (C=O) groups excluding carboxylic acids is 2.